The van der Waals surface area contributed by atoms with Gasteiger partial charge in [-0.05, 0) is 94.3 Å². The molecule has 2 atom stereocenters. The zero-order chi connectivity index (χ0) is 29.5. The first-order valence-corrected chi connectivity index (χ1v) is 15.2. The van der Waals surface area contributed by atoms with Crippen LogP contribution in [0.1, 0.15) is 72.3 Å². The molecule has 0 radical (unpaired) electrons. The number of benzene rings is 1. The van der Waals surface area contributed by atoms with E-state index in [0.717, 1.165) is 37.7 Å². The molecular weight excluding hydrogens is 586 g/mol. The Bertz CT molecular complexity index is 1400. The van der Waals surface area contributed by atoms with E-state index >= 15 is 0 Å². The summed E-state index contributed by atoms with van der Waals surface area (Å²) in [6.45, 7) is 13.4. The maximum Gasteiger partial charge on any atom is 0.420 e. The lowest BCUT2D eigenvalue weighted by Gasteiger charge is -2.36. The van der Waals surface area contributed by atoms with Crippen molar-refractivity contribution in [1.82, 2.24) is 19.4 Å². The minimum absolute atomic E-state index is 0.160. The second-order valence-electron chi connectivity index (χ2n) is 13.1. The Morgan fingerprint density at radius 1 is 0.976 bits per heavy atom. The van der Waals surface area contributed by atoms with E-state index in [9.17, 15) is 9.59 Å². The van der Waals surface area contributed by atoms with Crippen molar-refractivity contribution in [2.75, 3.05) is 24.5 Å². The summed E-state index contributed by atoms with van der Waals surface area (Å²) in [5.41, 5.74) is 0.623. The molecule has 1 aromatic carbocycles. The van der Waals surface area contributed by atoms with E-state index in [1.165, 1.54) is 10.1 Å². The predicted octanol–water partition coefficient (Wildman–Crippen LogP) is 6.99. The zero-order valence-corrected chi connectivity index (χ0v) is 26.3. The number of nitrogens with zero attached hydrogens (tertiary/aromatic N) is 5. The molecule has 1 amide bonds. The molecule has 1 saturated carbocycles. The molecule has 2 fully saturated rings. The summed E-state index contributed by atoms with van der Waals surface area (Å²) >= 11 is 3.57. The van der Waals surface area contributed by atoms with Crippen molar-refractivity contribution in [2.45, 2.75) is 84.0 Å². The Morgan fingerprint density at radius 3 is 2.27 bits per heavy atom. The van der Waals surface area contributed by atoms with Gasteiger partial charge in [-0.1, -0.05) is 30.3 Å². The SMILES string of the molecule is CC(C)(C)OC(=O)N(CC1CCN(c2nc(Br)c3ccn(C(=O)OC(C)(C)C)c3n2)CC1)[C@@H]1C[C@H]1c1ccccc1. The van der Waals surface area contributed by atoms with Crippen molar-refractivity contribution < 1.29 is 19.1 Å². The number of rotatable bonds is 5. The highest BCUT2D eigenvalue weighted by molar-refractivity contribution is 9.10. The van der Waals surface area contributed by atoms with Crippen LogP contribution < -0.4 is 4.90 Å². The maximum atomic E-state index is 13.3. The van der Waals surface area contributed by atoms with Crippen LogP contribution in [0.5, 0.6) is 0 Å². The van der Waals surface area contributed by atoms with Crippen LogP contribution >= 0.6 is 15.9 Å². The number of carbonyl (C=O) groups is 2. The lowest BCUT2D eigenvalue weighted by molar-refractivity contribution is 0.0190. The van der Waals surface area contributed by atoms with Gasteiger partial charge in [0.1, 0.15) is 15.8 Å². The molecule has 5 rings (SSSR count). The zero-order valence-electron chi connectivity index (χ0n) is 24.8. The number of halogens is 1. The van der Waals surface area contributed by atoms with Crippen molar-refractivity contribution in [1.29, 1.82) is 0 Å². The van der Waals surface area contributed by atoms with E-state index in [1.807, 2.05) is 58.6 Å². The summed E-state index contributed by atoms with van der Waals surface area (Å²) in [4.78, 5) is 39.7. The molecule has 0 N–H and O–H groups in total. The number of carbonyl (C=O) groups excluding carboxylic acids is 2. The van der Waals surface area contributed by atoms with E-state index in [2.05, 4.69) is 50.1 Å². The Hall–Kier alpha value is -3.14. The van der Waals surface area contributed by atoms with Gasteiger partial charge in [-0.2, -0.15) is 4.98 Å². The average Bonchev–Trinajstić information content (AvgIpc) is 3.55. The van der Waals surface area contributed by atoms with Crippen molar-refractivity contribution in [3.8, 4) is 0 Å². The fraction of sp³-hybridized carbons (Fsp3) is 0.548. The molecule has 0 unspecified atom stereocenters. The van der Waals surface area contributed by atoms with Crippen molar-refractivity contribution in [2.24, 2.45) is 5.92 Å². The molecule has 3 aromatic rings. The van der Waals surface area contributed by atoms with Crippen LogP contribution in [0.15, 0.2) is 47.2 Å². The highest BCUT2D eigenvalue weighted by atomic mass is 79.9. The number of fused-ring (bicyclic) bond motifs is 1. The average molecular weight is 627 g/mol. The minimum Gasteiger partial charge on any atom is -0.444 e. The van der Waals surface area contributed by atoms with E-state index in [4.69, 9.17) is 14.5 Å². The number of piperidine rings is 1. The van der Waals surface area contributed by atoms with Crippen LogP contribution in [-0.2, 0) is 9.47 Å². The Labute approximate surface area is 250 Å². The highest BCUT2D eigenvalue weighted by Crippen LogP contribution is 2.45. The van der Waals surface area contributed by atoms with Crippen molar-refractivity contribution >= 4 is 45.1 Å². The molecule has 9 nitrogen and oxygen atoms in total. The maximum absolute atomic E-state index is 13.3. The van der Waals surface area contributed by atoms with Crippen LogP contribution in [0, 0.1) is 5.92 Å². The third kappa shape index (κ3) is 7.02. The molecule has 10 heteroatoms. The summed E-state index contributed by atoms with van der Waals surface area (Å²) in [7, 11) is 0. The molecule has 2 aromatic heterocycles. The Morgan fingerprint density at radius 2 is 1.63 bits per heavy atom. The molecule has 0 bridgehead atoms. The number of hydrogen-bond acceptors (Lipinski definition) is 7. The van der Waals surface area contributed by atoms with Gasteiger partial charge in [-0.3, -0.25) is 0 Å². The van der Waals surface area contributed by atoms with E-state index in [1.54, 1.807) is 6.20 Å². The fourth-order valence-corrected chi connectivity index (χ4v) is 5.88. The summed E-state index contributed by atoms with van der Waals surface area (Å²) < 4.78 is 13.5. The van der Waals surface area contributed by atoms with Gasteiger partial charge in [0.05, 0.1) is 5.39 Å². The fourth-order valence-electron chi connectivity index (χ4n) is 5.41. The van der Waals surface area contributed by atoms with E-state index < -0.39 is 17.3 Å². The summed E-state index contributed by atoms with van der Waals surface area (Å²) in [5, 5.41) is 0.750. The monoisotopic (exact) mass is 625 g/mol. The van der Waals surface area contributed by atoms with Gasteiger partial charge < -0.3 is 19.3 Å². The van der Waals surface area contributed by atoms with Crippen LogP contribution in [0.4, 0.5) is 15.5 Å². The summed E-state index contributed by atoms with van der Waals surface area (Å²) in [6, 6.07) is 12.4. The molecule has 41 heavy (non-hydrogen) atoms. The molecular formula is C31H40BrN5O4. The molecule has 1 aliphatic carbocycles. The molecule has 1 aliphatic heterocycles. The van der Waals surface area contributed by atoms with Gasteiger partial charge in [-0.15, -0.1) is 0 Å². The number of ether oxygens (including phenoxy) is 2. The first kappa shape index (κ1) is 29.4. The Kier molecular flexibility index (Phi) is 8.07. The van der Waals surface area contributed by atoms with Crippen molar-refractivity contribution in [3.63, 3.8) is 0 Å². The van der Waals surface area contributed by atoms with Crippen LogP contribution in [-0.4, -0.2) is 68.5 Å². The summed E-state index contributed by atoms with van der Waals surface area (Å²) in [5.74, 6) is 1.26. The highest BCUT2D eigenvalue weighted by Gasteiger charge is 2.46. The Balaban J connectivity index is 1.27. The first-order chi connectivity index (χ1) is 19.3. The first-order valence-electron chi connectivity index (χ1n) is 14.4. The van der Waals surface area contributed by atoms with Gasteiger partial charge >= 0.3 is 12.2 Å². The second kappa shape index (κ2) is 11.3. The molecule has 3 heterocycles. The normalized spacial score (nSPS) is 19.7. The van der Waals surface area contributed by atoms with Gasteiger partial charge in [0.2, 0.25) is 5.95 Å². The van der Waals surface area contributed by atoms with Gasteiger partial charge in [0.15, 0.2) is 5.65 Å². The number of anilines is 1. The van der Waals surface area contributed by atoms with Crippen LogP contribution in [0.25, 0.3) is 11.0 Å². The van der Waals surface area contributed by atoms with Gasteiger partial charge in [0, 0.05) is 37.8 Å². The van der Waals surface area contributed by atoms with Crippen molar-refractivity contribution in [3.05, 3.63) is 52.8 Å². The quantitative estimate of drug-likeness (QED) is 0.282. The summed E-state index contributed by atoms with van der Waals surface area (Å²) in [6.07, 6.45) is 3.71. The number of hydrogen-bond donors (Lipinski definition) is 0. The third-order valence-electron chi connectivity index (χ3n) is 7.44. The predicted molar refractivity (Wildman–Crippen MR) is 162 cm³/mol. The topological polar surface area (TPSA) is 89.8 Å². The second-order valence-corrected chi connectivity index (χ2v) is 13.9. The lowest BCUT2D eigenvalue weighted by atomic mass is 9.96. The van der Waals surface area contributed by atoms with Crippen LogP contribution in [0.2, 0.25) is 0 Å². The smallest absolute Gasteiger partial charge is 0.420 e. The van der Waals surface area contributed by atoms with Crippen LogP contribution in [0.3, 0.4) is 0 Å². The number of aromatic nitrogens is 3. The van der Waals surface area contributed by atoms with Gasteiger partial charge in [0.25, 0.3) is 0 Å². The number of amides is 1. The molecule has 1 saturated heterocycles. The molecule has 2 aliphatic rings. The molecule has 0 spiro atoms. The van der Waals surface area contributed by atoms with Gasteiger partial charge in [-0.25, -0.2) is 19.1 Å². The van der Waals surface area contributed by atoms with E-state index in [0.29, 0.717) is 34.6 Å². The standard InChI is InChI=1S/C31H40BrN5O4/c1-30(2,3)40-28(38)36-17-14-22-25(32)33-27(34-26(22)36)35-15-12-20(13-16-35)19-37(29(39)41-31(4,5)6)24-18-23(24)21-10-8-7-9-11-21/h7-11,14,17,20,23-24H,12-13,15-16,18-19H2,1-6H3/t23-,24+/m0/s1. The molecule has 220 valence electrons. The minimum atomic E-state index is -0.614. The third-order valence-corrected chi connectivity index (χ3v) is 8.05. The lowest BCUT2D eigenvalue weighted by Crippen LogP contribution is -2.44. The van der Waals surface area contributed by atoms with E-state index in [-0.39, 0.29) is 12.1 Å². The largest absolute Gasteiger partial charge is 0.444 e.